The number of carbonyl (C=O) groups excluding carboxylic acids is 3. The minimum atomic E-state index is -2.65. The Labute approximate surface area is 362 Å². The molecule has 0 spiro atoms. The largest absolute Gasteiger partial charge is 0.462 e. The number of nitrogens with one attached hydrogen (secondary N) is 1. The van der Waals surface area contributed by atoms with Crippen LogP contribution in [0.1, 0.15) is 80.1 Å². The van der Waals surface area contributed by atoms with E-state index in [0.717, 1.165) is 23.2 Å². The molecule has 1 N–H and O–H groups in total. The summed E-state index contributed by atoms with van der Waals surface area (Å²) in [6.45, 7) is 0.865. The Bertz CT molecular complexity index is 1900. The SMILES string of the molecule is C.C.C.C.CN(/N=C/c1ccc(OC=COc2ccc(CCNC(=O)Cn3cc(CCCCN4C(=O)c5ccccc5C4=O)nn3)cc2)cc1)P(=S)(Cl)Cl.Cl.[Cm].[Co]. The quantitative estimate of drug-likeness (QED) is 0.0275. The third-order valence-electron chi connectivity index (χ3n) is 7.55. The molecule has 0 fully saturated rings. The molecule has 0 aliphatic carbocycles. The second kappa shape index (κ2) is 27.0. The smallest absolute Gasteiger partial charge is 0.261 e. The predicted octanol–water partition coefficient (Wildman–Crippen LogP) is 9.12. The molecule has 12 nitrogen and oxygen atoms in total. The van der Waals surface area contributed by atoms with Crippen molar-refractivity contribution in [3.05, 3.63) is 119 Å². The van der Waals surface area contributed by atoms with Crippen LogP contribution in [0.2, 0.25) is 0 Å². The maximum atomic E-state index is 12.5. The average Bonchev–Trinajstić information content (AvgIpc) is 3.65. The molecule has 3 amide bonds. The average molecular weight is 1160 g/mol. The van der Waals surface area contributed by atoms with Crippen LogP contribution >= 0.6 is 39.8 Å². The molecule has 19 heteroatoms. The number of ether oxygens (including phenoxy) is 2. The van der Waals surface area contributed by atoms with E-state index >= 15 is 0 Å². The van der Waals surface area contributed by atoms with E-state index in [-0.39, 0.29) is 83.2 Å². The molecule has 57 heavy (non-hydrogen) atoms. The summed E-state index contributed by atoms with van der Waals surface area (Å²) in [6, 6.07) is 21.6. The summed E-state index contributed by atoms with van der Waals surface area (Å²) < 4.78 is 14.1. The number of nitrogens with zero attached hydrogens (tertiary/aromatic N) is 6. The summed E-state index contributed by atoms with van der Waals surface area (Å²) in [5.74, 6) is 0.587. The van der Waals surface area contributed by atoms with Gasteiger partial charge in [0, 0.05) is 43.1 Å². The van der Waals surface area contributed by atoms with Crippen molar-refractivity contribution >= 4 is 75.5 Å². The number of fused-ring (bicyclic) bond motifs is 1. The van der Waals surface area contributed by atoms with Crippen molar-refractivity contribution < 1.29 is 40.6 Å². The Morgan fingerprint density at radius 2 is 1.44 bits per heavy atom. The number of aromatic nitrogens is 3. The number of benzene rings is 3. The van der Waals surface area contributed by atoms with Gasteiger partial charge in [0.2, 0.25) is 10.8 Å². The van der Waals surface area contributed by atoms with Crippen LogP contribution in [0.3, 0.4) is 0 Å². The van der Waals surface area contributed by atoms with E-state index in [1.54, 1.807) is 55.9 Å². The first-order chi connectivity index (χ1) is 24.1. The van der Waals surface area contributed by atoms with Gasteiger partial charge in [-0.1, -0.05) is 59.2 Å². The summed E-state index contributed by atoms with van der Waals surface area (Å²) in [7, 11) is 1.63. The molecule has 1 radical (unpaired) electrons. The molecule has 1 aromatic heterocycles. The van der Waals surface area contributed by atoms with Crippen LogP contribution in [-0.4, -0.2) is 68.7 Å². The maximum Gasteiger partial charge on any atom is 0.261 e. The van der Waals surface area contributed by atoms with E-state index in [0.29, 0.717) is 55.0 Å². The van der Waals surface area contributed by atoms with E-state index in [4.69, 9.17) is 43.8 Å². The second-order valence-electron chi connectivity index (χ2n) is 11.2. The molecule has 3 aromatic carbocycles. The number of rotatable bonds is 17. The molecule has 0 unspecified atom stereocenters. The topological polar surface area (TPSA) is 131 Å². The zero-order valence-corrected chi connectivity index (χ0v) is 36.1. The first-order valence-electron chi connectivity index (χ1n) is 15.6. The van der Waals surface area contributed by atoms with Crippen LogP contribution in [0.15, 0.2) is 96.6 Å². The molecule has 1 aliphatic rings. The standard InChI is InChI=1S/C34H34Cl2N7O5PS.4CH4.ClH.Cm.Co/c1-41(49(35,36)50)38-22-26-11-15-29(16-12-26)48-21-20-47-28-13-9-25(10-14-28)17-18-37-32(44)24-42-23-27(39-40-42)6-4-5-19-43-33(45)30-7-2-3-8-31(30)34(43)46;;;;;;;/h2-3,7-16,20-23H,4-6,17-19,24H2,1H3,(H,37,44);4*1H4;1H;;/b21-20?,38-22+;;;;;;;. The van der Waals surface area contributed by atoms with Gasteiger partial charge in [-0.15, -0.1) is 17.5 Å². The van der Waals surface area contributed by atoms with Gasteiger partial charge < -0.3 is 14.8 Å². The Morgan fingerprint density at radius 3 is 1.98 bits per heavy atom. The third kappa shape index (κ3) is 16.7. The third-order valence-corrected chi connectivity index (χ3v) is 10.3. The van der Waals surface area contributed by atoms with Crippen molar-refractivity contribution in [3.8, 4) is 11.5 Å². The monoisotopic (exact) mass is 1160 g/mol. The fraction of sp³-hybridized carbons (Fsp3) is 0.316. The normalized spacial score (nSPS) is 11.3. The first kappa shape index (κ1) is 56.6. The number of hydrogen-bond acceptors (Lipinski definition) is 9. The summed E-state index contributed by atoms with van der Waals surface area (Å²) in [4.78, 5) is 36.1. The summed E-state index contributed by atoms with van der Waals surface area (Å²) >= 11 is 16.9. The molecule has 0 atom stereocenters. The molecule has 1 aliphatic heterocycles. The number of hydrogen-bond donors (Lipinski definition) is 1. The number of imide groups is 1. The van der Waals surface area contributed by atoms with Gasteiger partial charge >= 0.3 is 0 Å². The van der Waals surface area contributed by atoms with Gasteiger partial charge in [0.15, 0.2) is 0 Å². The fourth-order valence-corrected chi connectivity index (χ4v) is 5.42. The van der Waals surface area contributed by atoms with Crippen molar-refractivity contribution in [1.29, 1.82) is 0 Å². The summed E-state index contributed by atoms with van der Waals surface area (Å²) in [5, 5.41) is 15.3. The number of amides is 3. The minimum absolute atomic E-state index is 0. The Hall–Kier alpha value is -4.75. The van der Waals surface area contributed by atoms with E-state index in [1.165, 1.54) is 26.9 Å². The number of carbonyl (C=O) groups is 3. The van der Waals surface area contributed by atoms with Crippen molar-refractivity contribution in [1.82, 2.24) is 30.0 Å². The zero-order chi connectivity index (χ0) is 35.5. The van der Waals surface area contributed by atoms with Gasteiger partial charge in [0.1, 0.15) is 30.6 Å². The molecule has 4 aromatic rings. The van der Waals surface area contributed by atoms with Crippen molar-refractivity contribution in [3.63, 3.8) is 0 Å². The zero-order valence-electron chi connectivity index (χ0n) is 28.1. The van der Waals surface area contributed by atoms with Crippen LogP contribution in [0.4, 0.5) is 0 Å². The number of hydrazone groups is 1. The minimum Gasteiger partial charge on any atom is -0.462 e. The van der Waals surface area contributed by atoms with Crippen molar-refractivity contribution in [2.24, 2.45) is 5.10 Å². The van der Waals surface area contributed by atoms with Gasteiger partial charge in [-0.05, 0) is 120 Å². The molecule has 2 heterocycles. The molecular weight excluding hydrogens is 1110 g/mol. The number of aryl methyl sites for hydroxylation is 1. The molecule has 317 valence electrons. The Morgan fingerprint density at radius 1 is 0.895 bits per heavy atom. The molecular formula is C38H51Cl3CmCoN7O5PS. The van der Waals surface area contributed by atoms with Gasteiger partial charge in [-0.3, -0.25) is 19.3 Å². The first-order valence-corrected chi connectivity index (χ1v) is 20.2. The van der Waals surface area contributed by atoms with E-state index in [2.05, 4.69) is 20.7 Å². The number of halogens is 3. The van der Waals surface area contributed by atoms with Crippen molar-refractivity contribution in [2.75, 3.05) is 20.1 Å². The van der Waals surface area contributed by atoms with Gasteiger partial charge in [-0.25, -0.2) is 9.46 Å². The Kier molecular flexibility index (Phi) is 26.8. The van der Waals surface area contributed by atoms with Crippen LogP contribution in [0.25, 0.3) is 0 Å². The van der Waals surface area contributed by atoms with Crippen LogP contribution < -0.4 is 14.8 Å². The van der Waals surface area contributed by atoms with E-state index in [1.807, 2.05) is 36.4 Å². The van der Waals surface area contributed by atoms with Gasteiger partial charge in [-0.2, -0.15) is 5.10 Å². The molecule has 0 saturated heterocycles. The molecule has 0 saturated carbocycles. The Balaban J connectivity index is -0.00000417. The molecule has 5 rings (SSSR count). The molecule has 0 bridgehead atoms. The summed E-state index contributed by atoms with van der Waals surface area (Å²) in [6.07, 6.45) is 8.87. The van der Waals surface area contributed by atoms with Crippen molar-refractivity contribution in [2.45, 2.75) is 61.9 Å². The summed E-state index contributed by atoms with van der Waals surface area (Å²) in [5.41, 5.74) is 3.52. The second-order valence-corrected chi connectivity index (χ2v) is 18.9. The fourth-order valence-electron chi connectivity index (χ4n) is 4.89. The van der Waals surface area contributed by atoms with Crippen LogP contribution in [0.5, 0.6) is 11.5 Å². The predicted molar refractivity (Wildman–Crippen MR) is 230 cm³/mol. The van der Waals surface area contributed by atoms with E-state index < -0.39 is 4.89 Å². The van der Waals surface area contributed by atoms with Crippen LogP contribution in [0, 0.1) is 0 Å². The van der Waals surface area contributed by atoms with Crippen LogP contribution in [-0.2, 0) is 52.8 Å². The van der Waals surface area contributed by atoms with E-state index in [9.17, 15) is 14.4 Å². The van der Waals surface area contributed by atoms with Gasteiger partial charge in [0.25, 0.3) is 11.8 Å². The number of unbranched alkanes of at least 4 members (excludes halogenated alkanes) is 1. The maximum absolute atomic E-state index is 12.5. The van der Waals surface area contributed by atoms with Gasteiger partial charge in [0.05, 0.1) is 23.0 Å².